The Bertz CT molecular complexity index is 231. The molecular weight excluding hydrogens is 148 g/mol. The summed E-state index contributed by atoms with van der Waals surface area (Å²) in [5.74, 6) is 0. The molecule has 0 saturated carbocycles. The van der Waals surface area contributed by atoms with E-state index in [4.69, 9.17) is 0 Å². The molecule has 0 N–H and O–H groups in total. The first-order valence-corrected chi connectivity index (χ1v) is 4.27. The Balaban J connectivity index is 0.000000561. The SMILES string of the molecule is CC.Cc1cccc(C)c1C=O. The number of aryl methyl sites for hydroxylation is 2. The van der Waals surface area contributed by atoms with E-state index in [1.165, 1.54) is 0 Å². The van der Waals surface area contributed by atoms with E-state index in [0.29, 0.717) is 0 Å². The quantitative estimate of drug-likeness (QED) is 0.583. The lowest BCUT2D eigenvalue weighted by Gasteiger charge is -1.99. The summed E-state index contributed by atoms with van der Waals surface area (Å²) in [5, 5.41) is 0. The molecule has 0 unspecified atom stereocenters. The zero-order chi connectivity index (χ0) is 9.56. The van der Waals surface area contributed by atoms with Crippen molar-refractivity contribution in [1.82, 2.24) is 0 Å². The van der Waals surface area contributed by atoms with Crippen molar-refractivity contribution in [3.63, 3.8) is 0 Å². The van der Waals surface area contributed by atoms with E-state index < -0.39 is 0 Å². The van der Waals surface area contributed by atoms with E-state index in [0.717, 1.165) is 23.0 Å². The highest BCUT2D eigenvalue weighted by Gasteiger charge is 1.97. The Morgan fingerprint density at radius 1 is 1.08 bits per heavy atom. The van der Waals surface area contributed by atoms with E-state index in [1.807, 2.05) is 45.9 Å². The maximum Gasteiger partial charge on any atom is 0.150 e. The molecule has 1 aromatic rings. The summed E-state index contributed by atoms with van der Waals surface area (Å²) in [7, 11) is 0. The minimum absolute atomic E-state index is 0.822. The molecule has 0 saturated heterocycles. The second-order valence-corrected chi connectivity index (χ2v) is 2.42. The zero-order valence-corrected chi connectivity index (χ0v) is 8.22. The van der Waals surface area contributed by atoms with Gasteiger partial charge in [-0.15, -0.1) is 0 Å². The summed E-state index contributed by atoms with van der Waals surface area (Å²) in [4.78, 5) is 10.4. The lowest BCUT2D eigenvalue weighted by atomic mass is 10.1. The molecule has 0 fully saturated rings. The van der Waals surface area contributed by atoms with Crippen molar-refractivity contribution in [2.45, 2.75) is 27.7 Å². The van der Waals surface area contributed by atoms with Gasteiger partial charge in [0.05, 0.1) is 0 Å². The lowest BCUT2D eigenvalue weighted by molar-refractivity contribution is 0.112. The highest BCUT2D eigenvalue weighted by atomic mass is 16.1. The number of carbonyl (C=O) groups excluding carboxylic acids is 1. The molecule has 1 heteroatoms. The van der Waals surface area contributed by atoms with Crippen molar-refractivity contribution in [3.8, 4) is 0 Å². The first-order chi connectivity index (χ1) is 5.75. The fraction of sp³-hybridized carbons (Fsp3) is 0.364. The van der Waals surface area contributed by atoms with Crippen LogP contribution in [0, 0.1) is 13.8 Å². The Kier molecular flexibility index (Phi) is 5.02. The molecule has 1 aromatic carbocycles. The molecule has 0 aromatic heterocycles. The largest absolute Gasteiger partial charge is 0.298 e. The Hall–Kier alpha value is -1.11. The summed E-state index contributed by atoms with van der Waals surface area (Å²) < 4.78 is 0. The topological polar surface area (TPSA) is 17.1 Å². The molecule has 0 atom stereocenters. The van der Waals surface area contributed by atoms with Crippen LogP contribution in [0.3, 0.4) is 0 Å². The second-order valence-electron chi connectivity index (χ2n) is 2.42. The zero-order valence-electron chi connectivity index (χ0n) is 8.22. The van der Waals surface area contributed by atoms with Crippen LogP contribution >= 0.6 is 0 Å². The Morgan fingerprint density at radius 2 is 1.50 bits per heavy atom. The third kappa shape index (κ3) is 2.50. The van der Waals surface area contributed by atoms with Crippen molar-refractivity contribution in [2.24, 2.45) is 0 Å². The van der Waals surface area contributed by atoms with Crippen LogP contribution in [-0.2, 0) is 0 Å². The van der Waals surface area contributed by atoms with Crippen molar-refractivity contribution in [2.75, 3.05) is 0 Å². The summed E-state index contributed by atoms with van der Waals surface area (Å²) in [6, 6.07) is 5.84. The molecule has 0 amide bonds. The summed E-state index contributed by atoms with van der Waals surface area (Å²) in [5.41, 5.74) is 2.92. The molecule has 1 nitrogen and oxygen atoms in total. The van der Waals surface area contributed by atoms with Crippen molar-refractivity contribution >= 4 is 6.29 Å². The molecule has 0 aliphatic rings. The normalized spacial score (nSPS) is 8.33. The van der Waals surface area contributed by atoms with Crippen LogP contribution in [0.5, 0.6) is 0 Å². The van der Waals surface area contributed by atoms with Gasteiger partial charge in [-0.2, -0.15) is 0 Å². The maximum absolute atomic E-state index is 10.4. The number of benzene rings is 1. The van der Waals surface area contributed by atoms with Gasteiger partial charge in [-0.25, -0.2) is 0 Å². The fourth-order valence-corrected chi connectivity index (χ4v) is 1.01. The monoisotopic (exact) mass is 164 g/mol. The average molecular weight is 164 g/mol. The van der Waals surface area contributed by atoms with E-state index in [9.17, 15) is 4.79 Å². The van der Waals surface area contributed by atoms with E-state index >= 15 is 0 Å². The second kappa shape index (κ2) is 5.53. The van der Waals surface area contributed by atoms with Crippen LogP contribution in [-0.4, -0.2) is 6.29 Å². The smallest absolute Gasteiger partial charge is 0.150 e. The van der Waals surface area contributed by atoms with Gasteiger partial charge >= 0.3 is 0 Å². The van der Waals surface area contributed by atoms with Gasteiger partial charge in [0.1, 0.15) is 0 Å². The van der Waals surface area contributed by atoms with Crippen molar-refractivity contribution < 1.29 is 4.79 Å². The molecule has 0 bridgehead atoms. The summed E-state index contributed by atoms with van der Waals surface area (Å²) in [6.45, 7) is 7.88. The minimum Gasteiger partial charge on any atom is -0.298 e. The number of hydrogen-bond acceptors (Lipinski definition) is 1. The van der Waals surface area contributed by atoms with E-state index in [2.05, 4.69) is 0 Å². The van der Waals surface area contributed by atoms with Gasteiger partial charge in [0, 0.05) is 5.56 Å². The predicted molar refractivity (Wildman–Crippen MR) is 52.7 cm³/mol. The van der Waals surface area contributed by atoms with Gasteiger partial charge in [0.25, 0.3) is 0 Å². The van der Waals surface area contributed by atoms with Crippen LogP contribution in [0.2, 0.25) is 0 Å². The minimum atomic E-state index is 0.822. The molecule has 66 valence electrons. The maximum atomic E-state index is 10.4. The Labute approximate surface area is 74.4 Å². The van der Waals surface area contributed by atoms with E-state index in [-0.39, 0.29) is 0 Å². The van der Waals surface area contributed by atoms with Crippen LogP contribution in [0.4, 0.5) is 0 Å². The Morgan fingerprint density at radius 3 is 1.75 bits per heavy atom. The molecule has 0 aliphatic carbocycles. The number of carbonyl (C=O) groups is 1. The standard InChI is InChI=1S/C9H10O.C2H6/c1-7-4-3-5-8(2)9(7)6-10;1-2/h3-6H,1-2H3;1-2H3. The molecule has 12 heavy (non-hydrogen) atoms. The molecule has 0 radical (unpaired) electrons. The van der Waals surface area contributed by atoms with Crippen LogP contribution in [0.15, 0.2) is 18.2 Å². The van der Waals surface area contributed by atoms with Gasteiger partial charge in [-0.3, -0.25) is 4.79 Å². The van der Waals surface area contributed by atoms with Gasteiger partial charge in [0.15, 0.2) is 6.29 Å². The lowest BCUT2D eigenvalue weighted by Crippen LogP contribution is -1.89. The molecule has 0 aliphatic heterocycles. The average Bonchev–Trinajstić information content (AvgIpc) is 2.08. The molecule has 1 rings (SSSR count). The van der Waals surface area contributed by atoms with Crippen LogP contribution < -0.4 is 0 Å². The van der Waals surface area contributed by atoms with Crippen molar-refractivity contribution in [3.05, 3.63) is 34.9 Å². The van der Waals surface area contributed by atoms with Gasteiger partial charge in [-0.1, -0.05) is 32.0 Å². The van der Waals surface area contributed by atoms with Gasteiger partial charge < -0.3 is 0 Å². The molecular formula is C11H16O. The van der Waals surface area contributed by atoms with Crippen LogP contribution in [0.1, 0.15) is 35.3 Å². The van der Waals surface area contributed by atoms with E-state index in [1.54, 1.807) is 0 Å². The fourth-order valence-electron chi connectivity index (χ4n) is 1.01. The highest BCUT2D eigenvalue weighted by molar-refractivity contribution is 5.79. The number of hydrogen-bond donors (Lipinski definition) is 0. The highest BCUT2D eigenvalue weighted by Crippen LogP contribution is 2.09. The van der Waals surface area contributed by atoms with Crippen LogP contribution in [0.25, 0.3) is 0 Å². The third-order valence-corrected chi connectivity index (χ3v) is 1.66. The van der Waals surface area contributed by atoms with Gasteiger partial charge in [-0.05, 0) is 25.0 Å². The first-order valence-electron chi connectivity index (χ1n) is 4.27. The number of aldehydes is 1. The van der Waals surface area contributed by atoms with Crippen molar-refractivity contribution in [1.29, 1.82) is 0 Å². The predicted octanol–water partition coefficient (Wildman–Crippen LogP) is 3.14. The molecule has 0 spiro atoms. The van der Waals surface area contributed by atoms with Gasteiger partial charge in [0.2, 0.25) is 0 Å². The number of rotatable bonds is 1. The molecule has 0 heterocycles. The first kappa shape index (κ1) is 10.9. The summed E-state index contributed by atoms with van der Waals surface area (Å²) >= 11 is 0. The summed E-state index contributed by atoms with van der Waals surface area (Å²) in [6.07, 6.45) is 0.907. The third-order valence-electron chi connectivity index (χ3n) is 1.66.